The van der Waals surface area contributed by atoms with Crippen LogP contribution in [-0.2, 0) is 0 Å². The minimum atomic E-state index is -0.295. The zero-order valence-electron chi connectivity index (χ0n) is 8.70. The predicted octanol–water partition coefficient (Wildman–Crippen LogP) is 0.0638. The minimum Gasteiger partial charge on any atom is -0.385 e. The number of amides is 2. The van der Waals surface area contributed by atoms with Crippen molar-refractivity contribution < 1.29 is 4.79 Å². The van der Waals surface area contributed by atoms with Crippen LogP contribution in [0.5, 0.6) is 0 Å². The third-order valence-electron chi connectivity index (χ3n) is 3.63. The molecule has 3 rings (SSSR count). The highest BCUT2D eigenvalue weighted by molar-refractivity contribution is 6.06. The summed E-state index contributed by atoms with van der Waals surface area (Å²) in [5.41, 5.74) is 5.64. The Morgan fingerprint density at radius 1 is 1.53 bits per heavy atom. The Morgan fingerprint density at radius 3 is 2.93 bits per heavy atom. The van der Waals surface area contributed by atoms with Gasteiger partial charge in [0.2, 0.25) is 0 Å². The average molecular weight is 208 g/mol. The van der Waals surface area contributed by atoms with E-state index in [-0.39, 0.29) is 11.6 Å². The lowest BCUT2D eigenvalue weighted by atomic mass is 9.88. The number of nitrogens with one attached hydrogen (secondary N) is 1. The van der Waals surface area contributed by atoms with Gasteiger partial charge in [0.1, 0.15) is 11.4 Å². The fourth-order valence-electron chi connectivity index (χ4n) is 2.72. The number of amidine groups is 1. The third kappa shape index (κ3) is 1.19. The van der Waals surface area contributed by atoms with Crippen molar-refractivity contribution in [1.29, 1.82) is 0 Å². The molecule has 0 aromatic rings. The summed E-state index contributed by atoms with van der Waals surface area (Å²) in [4.78, 5) is 17.6. The lowest BCUT2D eigenvalue weighted by Gasteiger charge is -2.41. The third-order valence-corrected chi connectivity index (χ3v) is 3.63. The molecule has 2 amide bonds. The molecule has 3 aliphatic rings. The molecule has 1 saturated carbocycles. The first-order valence-corrected chi connectivity index (χ1v) is 5.63. The number of urea groups is 1. The summed E-state index contributed by atoms with van der Waals surface area (Å²) in [6, 6.07) is 0.265. The van der Waals surface area contributed by atoms with E-state index in [1.165, 1.54) is 0 Å². The van der Waals surface area contributed by atoms with Crippen molar-refractivity contribution in [2.45, 2.75) is 37.3 Å². The first kappa shape index (κ1) is 9.15. The van der Waals surface area contributed by atoms with E-state index >= 15 is 0 Å². The molecule has 0 radical (unpaired) electrons. The van der Waals surface area contributed by atoms with Gasteiger partial charge in [0.25, 0.3) is 0 Å². The van der Waals surface area contributed by atoms with Crippen LogP contribution in [0, 0.1) is 0 Å². The Morgan fingerprint density at radius 2 is 2.33 bits per heavy atom. The number of carbonyl (C=O) groups is 1. The Hall–Kier alpha value is -1.10. The van der Waals surface area contributed by atoms with Gasteiger partial charge in [0.15, 0.2) is 0 Å². The zero-order chi connectivity index (χ0) is 10.5. The lowest BCUT2D eigenvalue weighted by molar-refractivity contribution is 0.145. The van der Waals surface area contributed by atoms with Gasteiger partial charge in [-0.2, -0.15) is 4.99 Å². The van der Waals surface area contributed by atoms with E-state index in [0.29, 0.717) is 11.9 Å². The number of hydrogen-bond donors (Lipinski definition) is 2. The number of piperidine rings is 1. The van der Waals surface area contributed by atoms with Gasteiger partial charge < -0.3 is 16.0 Å². The van der Waals surface area contributed by atoms with Gasteiger partial charge in [0, 0.05) is 12.6 Å². The zero-order valence-corrected chi connectivity index (χ0v) is 8.70. The topological polar surface area (TPSA) is 70.7 Å². The normalized spacial score (nSPS) is 36.1. The number of hydrogen-bond acceptors (Lipinski definition) is 3. The quantitative estimate of drug-likeness (QED) is 0.640. The highest BCUT2D eigenvalue weighted by Gasteiger charge is 2.53. The van der Waals surface area contributed by atoms with E-state index in [0.717, 1.165) is 38.8 Å². The average Bonchev–Trinajstić information content (AvgIpc) is 3.00. The van der Waals surface area contributed by atoms with E-state index in [9.17, 15) is 4.79 Å². The summed E-state index contributed by atoms with van der Waals surface area (Å²) in [5.74, 6) is 0.520. The summed E-state index contributed by atoms with van der Waals surface area (Å²) in [6.07, 6.45) is 4.23. The van der Waals surface area contributed by atoms with Gasteiger partial charge in [-0.3, -0.25) is 0 Å². The monoisotopic (exact) mass is 208 g/mol. The van der Waals surface area contributed by atoms with Crippen molar-refractivity contribution in [3.63, 3.8) is 0 Å². The largest absolute Gasteiger partial charge is 0.385 e. The fraction of sp³-hybridized carbons (Fsp3) is 0.800. The second kappa shape index (κ2) is 2.95. The van der Waals surface area contributed by atoms with Crippen molar-refractivity contribution in [3.05, 3.63) is 0 Å². The lowest BCUT2D eigenvalue weighted by Crippen LogP contribution is -2.62. The van der Waals surface area contributed by atoms with Crippen LogP contribution >= 0.6 is 0 Å². The second-order valence-electron chi connectivity index (χ2n) is 4.69. The molecule has 2 fully saturated rings. The number of rotatable bonds is 1. The number of aliphatic imine (C=N–C) groups is 1. The van der Waals surface area contributed by atoms with Gasteiger partial charge in [-0.25, -0.2) is 4.79 Å². The molecule has 1 saturated heterocycles. The van der Waals surface area contributed by atoms with Crippen molar-refractivity contribution in [2.24, 2.45) is 10.7 Å². The Bertz CT molecular complexity index is 328. The molecule has 1 atom stereocenters. The molecule has 0 aromatic carbocycles. The van der Waals surface area contributed by atoms with Gasteiger partial charge in [-0.15, -0.1) is 0 Å². The molecule has 2 heterocycles. The van der Waals surface area contributed by atoms with Gasteiger partial charge >= 0.3 is 6.03 Å². The van der Waals surface area contributed by atoms with Crippen molar-refractivity contribution in [2.75, 3.05) is 13.1 Å². The molecule has 1 spiro atoms. The van der Waals surface area contributed by atoms with Crippen LogP contribution in [-0.4, -0.2) is 41.4 Å². The Labute approximate surface area is 88.7 Å². The van der Waals surface area contributed by atoms with E-state index in [1.807, 2.05) is 4.90 Å². The summed E-state index contributed by atoms with van der Waals surface area (Å²) >= 11 is 0. The van der Waals surface area contributed by atoms with E-state index in [1.54, 1.807) is 0 Å². The Balaban J connectivity index is 1.95. The van der Waals surface area contributed by atoms with E-state index in [4.69, 9.17) is 5.73 Å². The van der Waals surface area contributed by atoms with Gasteiger partial charge in [0.05, 0.1) is 0 Å². The maximum atomic E-state index is 11.8. The van der Waals surface area contributed by atoms with E-state index < -0.39 is 0 Å². The SMILES string of the molecule is NC1=NC(=O)N(C2CC2)C12CCCNC2. The molecular weight excluding hydrogens is 192 g/mol. The molecule has 1 aliphatic carbocycles. The highest BCUT2D eigenvalue weighted by Crippen LogP contribution is 2.39. The molecule has 2 aliphatic heterocycles. The summed E-state index contributed by atoms with van der Waals surface area (Å²) in [5, 5.41) is 3.33. The molecule has 3 N–H and O–H groups in total. The number of nitrogens with zero attached hydrogens (tertiary/aromatic N) is 2. The van der Waals surface area contributed by atoms with Crippen LogP contribution in [0.1, 0.15) is 25.7 Å². The van der Waals surface area contributed by atoms with Crippen LogP contribution in [0.2, 0.25) is 0 Å². The maximum absolute atomic E-state index is 11.8. The first-order valence-electron chi connectivity index (χ1n) is 5.63. The van der Waals surface area contributed by atoms with Crippen LogP contribution < -0.4 is 11.1 Å². The molecule has 0 aromatic heterocycles. The maximum Gasteiger partial charge on any atom is 0.346 e. The smallest absolute Gasteiger partial charge is 0.346 e. The molecule has 5 heteroatoms. The fourth-order valence-corrected chi connectivity index (χ4v) is 2.72. The standard InChI is InChI=1S/C10H16N4O/c11-8-10(4-1-5-12-6-10)14(7-2-3-7)9(15)13-8/h7,12H,1-6H2,(H2,11,13,15). The molecule has 5 nitrogen and oxygen atoms in total. The molecule has 82 valence electrons. The van der Waals surface area contributed by atoms with Crippen LogP contribution in [0.15, 0.2) is 4.99 Å². The Kier molecular flexibility index (Phi) is 1.80. The number of carbonyl (C=O) groups excluding carboxylic acids is 1. The van der Waals surface area contributed by atoms with Crippen LogP contribution in [0.25, 0.3) is 0 Å². The summed E-state index contributed by atoms with van der Waals surface area (Å²) in [7, 11) is 0. The molecular formula is C10H16N4O. The van der Waals surface area contributed by atoms with E-state index in [2.05, 4.69) is 10.3 Å². The van der Waals surface area contributed by atoms with Crippen molar-refractivity contribution >= 4 is 11.9 Å². The predicted molar refractivity (Wildman–Crippen MR) is 56.7 cm³/mol. The second-order valence-corrected chi connectivity index (χ2v) is 4.69. The number of nitrogens with two attached hydrogens (primary N) is 1. The summed E-state index contributed by atoms with van der Waals surface area (Å²) < 4.78 is 0. The summed E-state index contributed by atoms with van der Waals surface area (Å²) in [6.45, 7) is 1.78. The molecule has 15 heavy (non-hydrogen) atoms. The van der Waals surface area contributed by atoms with Gasteiger partial charge in [-0.1, -0.05) is 0 Å². The van der Waals surface area contributed by atoms with Crippen LogP contribution in [0.4, 0.5) is 4.79 Å². The first-order chi connectivity index (χ1) is 7.24. The minimum absolute atomic E-state index is 0.126. The molecule has 1 unspecified atom stereocenters. The van der Waals surface area contributed by atoms with Crippen molar-refractivity contribution in [1.82, 2.24) is 10.2 Å². The van der Waals surface area contributed by atoms with Crippen molar-refractivity contribution in [3.8, 4) is 0 Å². The van der Waals surface area contributed by atoms with Gasteiger partial charge in [-0.05, 0) is 32.2 Å². The highest BCUT2D eigenvalue weighted by atomic mass is 16.2. The van der Waals surface area contributed by atoms with Crippen LogP contribution in [0.3, 0.4) is 0 Å². The molecule has 0 bridgehead atoms.